The van der Waals surface area contributed by atoms with Crippen LogP contribution >= 0.6 is 0 Å². The van der Waals surface area contributed by atoms with Crippen LogP contribution in [-0.2, 0) is 22.6 Å². The van der Waals surface area contributed by atoms with Gasteiger partial charge in [-0.05, 0) is 37.0 Å². The number of aryl methyl sites for hydroxylation is 1. The van der Waals surface area contributed by atoms with E-state index in [4.69, 9.17) is 0 Å². The van der Waals surface area contributed by atoms with Crippen molar-refractivity contribution in [1.29, 1.82) is 0 Å². The molecule has 1 N–H and O–H groups in total. The van der Waals surface area contributed by atoms with Crippen molar-refractivity contribution in [3.63, 3.8) is 0 Å². The van der Waals surface area contributed by atoms with Gasteiger partial charge in [0, 0.05) is 25.9 Å². The third kappa shape index (κ3) is 5.95. The summed E-state index contributed by atoms with van der Waals surface area (Å²) < 4.78 is 0. The van der Waals surface area contributed by atoms with Gasteiger partial charge in [0.2, 0.25) is 11.8 Å². The third-order valence-corrected chi connectivity index (χ3v) is 4.69. The van der Waals surface area contributed by atoms with Crippen molar-refractivity contribution in [3.8, 4) is 0 Å². The molecule has 4 heteroatoms. The van der Waals surface area contributed by atoms with Gasteiger partial charge in [0.05, 0.1) is 0 Å². The van der Waals surface area contributed by atoms with E-state index in [1.54, 1.807) is 4.90 Å². The summed E-state index contributed by atoms with van der Waals surface area (Å²) in [5.74, 6) is -0.0765. The maximum atomic E-state index is 12.9. The zero-order chi connectivity index (χ0) is 19.6. The molecule has 0 aliphatic carbocycles. The number of carbonyl (C=O) groups is 2. The Morgan fingerprint density at radius 2 is 1.67 bits per heavy atom. The largest absolute Gasteiger partial charge is 0.355 e. The lowest BCUT2D eigenvalue weighted by Gasteiger charge is -2.32. The quantitative estimate of drug-likeness (QED) is 0.732. The summed E-state index contributed by atoms with van der Waals surface area (Å²) in [6, 6.07) is 17.4. The highest BCUT2D eigenvalue weighted by molar-refractivity contribution is 5.88. The van der Waals surface area contributed by atoms with Gasteiger partial charge in [0.25, 0.3) is 0 Å². The first kappa shape index (κ1) is 20.7. The monoisotopic (exact) mass is 366 g/mol. The van der Waals surface area contributed by atoms with Crippen LogP contribution in [0.1, 0.15) is 43.4 Å². The first-order valence-corrected chi connectivity index (χ1v) is 9.72. The number of hydrogen-bond donors (Lipinski definition) is 1. The summed E-state index contributed by atoms with van der Waals surface area (Å²) in [6.45, 7) is 6.92. The Balaban J connectivity index is 2.36. The smallest absolute Gasteiger partial charge is 0.243 e. The Kier molecular flexibility index (Phi) is 8.05. The second-order valence-electron chi connectivity index (χ2n) is 6.80. The van der Waals surface area contributed by atoms with Gasteiger partial charge in [-0.1, -0.05) is 61.5 Å². The number of hydrogen-bond acceptors (Lipinski definition) is 2. The van der Waals surface area contributed by atoms with Crippen LogP contribution < -0.4 is 5.32 Å². The van der Waals surface area contributed by atoms with Crippen LogP contribution in [0.5, 0.6) is 0 Å². The number of likely N-dealkylation sites (N-methyl/N-ethyl adjacent to an activating group) is 1. The number of amides is 2. The minimum absolute atomic E-state index is 0.0212. The summed E-state index contributed by atoms with van der Waals surface area (Å²) in [5.41, 5.74) is 3.25. The minimum atomic E-state index is -0.522. The summed E-state index contributed by atoms with van der Waals surface area (Å²) in [4.78, 5) is 27.6. The van der Waals surface area contributed by atoms with Gasteiger partial charge < -0.3 is 10.2 Å². The van der Waals surface area contributed by atoms with Crippen molar-refractivity contribution >= 4 is 11.8 Å². The van der Waals surface area contributed by atoms with Gasteiger partial charge in [-0.25, -0.2) is 0 Å². The van der Waals surface area contributed by atoms with Crippen molar-refractivity contribution in [2.45, 2.75) is 52.6 Å². The van der Waals surface area contributed by atoms with E-state index in [0.29, 0.717) is 25.9 Å². The Hall–Kier alpha value is -2.62. The molecule has 2 aromatic carbocycles. The summed E-state index contributed by atoms with van der Waals surface area (Å²) in [5, 5.41) is 2.91. The van der Waals surface area contributed by atoms with Gasteiger partial charge in [-0.15, -0.1) is 0 Å². The lowest BCUT2D eigenvalue weighted by molar-refractivity contribution is -0.141. The van der Waals surface area contributed by atoms with Gasteiger partial charge in [0.15, 0.2) is 0 Å². The zero-order valence-corrected chi connectivity index (χ0v) is 16.6. The standard InChI is InChI=1S/C23H30N2O2/c1-4-11-22(26)25(17-20-15-10-9-12-18(20)3)21(23(27)24-5-2)16-19-13-7-6-8-14-19/h6-10,12-15,21H,4-5,11,16-17H2,1-3H3,(H,24,27)/t21-/m1/s1. The minimum Gasteiger partial charge on any atom is -0.355 e. The van der Waals surface area contributed by atoms with Crippen LogP contribution in [0.25, 0.3) is 0 Å². The van der Waals surface area contributed by atoms with Crippen LogP contribution in [0.2, 0.25) is 0 Å². The molecular formula is C23H30N2O2. The fourth-order valence-electron chi connectivity index (χ4n) is 3.17. The lowest BCUT2D eigenvalue weighted by atomic mass is 10.0. The van der Waals surface area contributed by atoms with E-state index in [-0.39, 0.29) is 11.8 Å². The first-order chi connectivity index (χ1) is 13.1. The normalized spacial score (nSPS) is 11.7. The van der Waals surface area contributed by atoms with Crippen molar-refractivity contribution in [2.24, 2.45) is 0 Å². The van der Waals surface area contributed by atoms with Crippen molar-refractivity contribution in [2.75, 3.05) is 6.54 Å². The maximum Gasteiger partial charge on any atom is 0.243 e. The van der Waals surface area contributed by atoms with E-state index in [2.05, 4.69) is 5.32 Å². The van der Waals surface area contributed by atoms with Gasteiger partial charge in [0.1, 0.15) is 6.04 Å². The van der Waals surface area contributed by atoms with E-state index < -0.39 is 6.04 Å². The molecule has 4 nitrogen and oxygen atoms in total. The van der Waals surface area contributed by atoms with Crippen LogP contribution in [0.4, 0.5) is 0 Å². The predicted molar refractivity (Wildman–Crippen MR) is 109 cm³/mol. The van der Waals surface area contributed by atoms with E-state index in [1.807, 2.05) is 75.4 Å². The third-order valence-electron chi connectivity index (χ3n) is 4.69. The van der Waals surface area contributed by atoms with E-state index >= 15 is 0 Å². The zero-order valence-electron chi connectivity index (χ0n) is 16.6. The molecule has 0 heterocycles. The number of nitrogens with one attached hydrogen (secondary N) is 1. The van der Waals surface area contributed by atoms with E-state index in [9.17, 15) is 9.59 Å². The van der Waals surface area contributed by atoms with Gasteiger partial charge in [-0.3, -0.25) is 9.59 Å². The number of carbonyl (C=O) groups excluding carboxylic acids is 2. The van der Waals surface area contributed by atoms with Crippen LogP contribution in [0.3, 0.4) is 0 Å². The highest BCUT2D eigenvalue weighted by Gasteiger charge is 2.29. The summed E-state index contributed by atoms with van der Waals surface area (Å²) in [6.07, 6.45) is 1.71. The molecule has 27 heavy (non-hydrogen) atoms. The van der Waals surface area contributed by atoms with Crippen LogP contribution in [0, 0.1) is 6.92 Å². The molecule has 0 aliphatic rings. The maximum absolute atomic E-state index is 12.9. The fourth-order valence-corrected chi connectivity index (χ4v) is 3.17. The molecule has 2 amide bonds. The van der Waals surface area contributed by atoms with Crippen molar-refractivity contribution < 1.29 is 9.59 Å². The highest BCUT2D eigenvalue weighted by Crippen LogP contribution is 2.18. The lowest BCUT2D eigenvalue weighted by Crippen LogP contribution is -2.50. The molecule has 0 aromatic heterocycles. The van der Waals surface area contributed by atoms with Gasteiger partial charge in [-0.2, -0.15) is 0 Å². The Labute approximate surface area is 162 Å². The molecule has 0 radical (unpaired) electrons. The van der Waals surface area contributed by atoms with Gasteiger partial charge >= 0.3 is 0 Å². The topological polar surface area (TPSA) is 49.4 Å². The fraction of sp³-hybridized carbons (Fsp3) is 0.391. The molecule has 0 fully saturated rings. The van der Waals surface area contributed by atoms with E-state index in [1.165, 1.54) is 0 Å². The average molecular weight is 367 g/mol. The first-order valence-electron chi connectivity index (χ1n) is 9.72. The Bertz CT molecular complexity index is 743. The molecule has 0 unspecified atom stereocenters. The molecule has 0 spiro atoms. The SMILES string of the molecule is CCCC(=O)N(Cc1ccccc1C)[C@H](Cc1ccccc1)C(=O)NCC. The Morgan fingerprint density at radius 3 is 2.30 bits per heavy atom. The summed E-state index contributed by atoms with van der Waals surface area (Å²) >= 11 is 0. The molecule has 1 atom stereocenters. The van der Waals surface area contributed by atoms with Crippen molar-refractivity contribution in [3.05, 3.63) is 71.3 Å². The molecule has 0 saturated heterocycles. The van der Waals surface area contributed by atoms with E-state index in [0.717, 1.165) is 23.1 Å². The number of benzene rings is 2. The summed E-state index contributed by atoms with van der Waals surface area (Å²) in [7, 11) is 0. The molecule has 0 saturated carbocycles. The highest BCUT2D eigenvalue weighted by atomic mass is 16.2. The van der Waals surface area contributed by atoms with Crippen LogP contribution in [-0.4, -0.2) is 29.3 Å². The second kappa shape index (κ2) is 10.5. The van der Waals surface area contributed by atoms with Crippen molar-refractivity contribution in [1.82, 2.24) is 10.2 Å². The number of nitrogens with zero attached hydrogens (tertiary/aromatic N) is 1. The molecule has 0 bridgehead atoms. The van der Waals surface area contributed by atoms with Crippen LogP contribution in [0.15, 0.2) is 54.6 Å². The number of rotatable bonds is 9. The molecule has 2 rings (SSSR count). The second-order valence-corrected chi connectivity index (χ2v) is 6.80. The molecule has 144 valence electrons. The predicted octanol–water partition coefficient (Wildman–Crippen LogP) is 3.87. The molecule has 2 aromatic rings. The molecular weight excluding hydrogens is 336 g/mol. The molecule has 0 aliphatic heterocycles. The Morgan fingerprint density at radius 1 is 1.00 bits per heavy atom. The average Bonchev–Trinajstić information content (AvgIpc) is 2.67.